The Morgan fingerprint density at radius 3 is 2.56 bits per heavy atom. The molecule has 2 aromatic carbocycles. The van der Waals surface area contributed by atoms with Gasteiger partial charge >= 0.3 is 6.18 Å². The van der Waals surface area contributed by atoms with Crippen LogP contribution in [0.1, 0.15) is 47.7 Å². The van der Waals surface area contributed by atoms with E-state index in [1.54, 1.807) is 23.9 Å². The van der Waals surface area contributed by atoms with Crippen LogP contribution in [0, 0.1) is 0 Å². The molecule has 0 unspecified atom stereocenters. The second-order valence-electron chi connectivity index (χ2n) is 10.6. The molecule has 12 heteroatoms. The number of likely N-dealkylation sites (tertiary alicyclic amines) is 1. The Bertz CT molecular complexity index is 1230. The van der Waals surface area contributed by atoms with Gasteiger partial charge in [0.25, 0.3) is 5.91 Å². The molecule has 1 heterocycles. The molecule has 1 aliphatic rings. The van der Waals surface area contributed by atoms with Gasteiger partial charge in [-0.2, -0.15) is 13.2 Å². The number of carbonyl (C=O) groups excluding carboxylic acids is 2. The van der Waals surface area contributed by atoms with Gasteiger partial charge in [-0.25, -0.2) is 0 Å². The first-order valence-corrected chi connectivity index (χ1v) is 16.7. The number of amides is 2. The van der Waals surface area contributed by atoms with Gasteiger partial charge in [0.15, 0.2) is 0 Å². The monoisotopic (exact) mass is 683 g/mol. The molecular formula is C31H41BrF3N5O2S. The summed E-state index contributed by atoms with van der Waals surface area (Å²) in [5.41, 5.74) is 5.72. The number of allylic oxidation sites excluding steroid dienone is 1. The van der Waals surface area contributed by atoms with Crippen LogP contribution in [0.4, 0.5) is 18.9 Å². The number of thioether (sulfide) groups is 1. The van der Waals surface area contributed by atoms with Crippen molar-refractivity contribution in [2.75, 3.05) is 50.0 Å². The summed E-state index contributed by atoms with van der Waals surface area (Å²) >= 11 is 4.97. The van der Waals surface area contributed by atoms with Crippen molar-refractivity contribution in [3.8, 4) is 0 Å². The van der Waals surface area contributed by atoms with E-state index in [1.807, 2.05) is 6.26 Å². The number of halogens is 4. The van der Waals surface area contributed by atoms with Crippen molar-refractivity contribution in [1.29, 1.82) is 0 Å². The van der Waals surface area contributed by atoms with Gasteiger partial charge < -0.3 is 26.2 Å². The smallest absolute Gasteiger partial charge is 0.398 e. The molecule has 7 nitrogen and oxygen atoms in total. The summed E-state index contributed by atoms with van der Waals surface area (Å²) in [4.78, 5) is 31.6. The highest BCUT2D eigenvalue weighted by atomic mass is 79.9. The molecule has 0 saturated carbocycles. The summed E-state index contributed by atoms with van der Waals surface area (Å²) in [5, 5.41) is 7.26. The van der Waals surface area contributed by atoms with Gasteiger partial charge in [0.05, 0.1) is 17.2 Å². The minimum atomic E-state index is -4.63. The van der Waals surface area contributed by atoms with E-state index in [1.165, 1.54) is 9.80 Å². The number of hydrogen-bond donors (Lipinski definition) is 3. The highest BCUT2D eigenvalue weighted by molar-refractivity contribution is 9.09. The largest absolute Gasteiger partial charge is 0.416 e. The van der Waals surface area contributed by atoms with Crippen LogP contribution < -0.4 is 16.4 Å². The van der Waals surface area contributed by atoms with Crippen LogP contribution in [0.5, 0.6) is 0 Å². The Morgan fingerprint density at radius 1 is 1.16 bits per heavy atom. The molecule has 0 aliphatic carbocycles. The average molecular weight is 685 g/mol. The first kappa shape index (κ1) is 34.9. The number of alkyl halides is 4. The minimum absolute atomic E-state index is 0.0126. The molecule has 0 radical (unpaired) electrons. The van der Waals surface area contributed by atoms with Crippen molar-refractivity contribution in [2.24, 2.45) is 0 Å². The van der Waals surface area contributed by atoms with Crippen molar-refractivity contribution in [3.05, 3.63) is 71.3 Å². The Morgan fingerprint density at radius 2 is 1.91 bits per heavy atom. The summed E-state index contributed by atoms with van der Waals surface area (Å²) in [6.07, 6.45) is 3.81. The number of carbonyl (C=O) groups is 2. The molecule has 3 rings (SSSR count). The third-order valence-electron chi connectivity index (χ3n) is 7.41. The van der Waals surface area contributed by atoms with E-state index in [0.717, 1.165) is 56.1 Å². The summed E-state index contributed by atoms with van der Waals surface area (Å²) in [5.74, 6) is -1.13. The van der Waals surface area contributed by atoms with Crippen molar-refractivity contribution >= 4 is 45.2 Å². The second kappa shape index (κ2) is 17.1. The van der Waals surface area contributed by atoms with Gasteiger partial charge in [0.1, 0.15) is 6.54 Å². The number of rotatable bonds is 14. The van der Waals surface area contributed by atoms with E-state index in [0.29, 0.717) is 18.4 Å². The Kier molecular flexibility index (Phi) is 13.9. The lowest BCUT2D eigenvalue weighted by molar-refractivity contribution is -0.137. The van der Waals surface area contributed by atoms with E-state index in [4.69, 9.17) is 5.73 Å². The van der Waals surface area contributed by atoms with Crippen LogP contribution in [0.2, 0.25) is 0 Å². The first-order chi connectivity index (χ1) is 20.5. The highest BCUT2D eigenvalue weighted by Crippen LogP contribution is 2.31. The van der Waals surface area contributed by atoms with Crippen molar-refractivity contribution in [3.63, 3.8) is 0 Å². The summed E-state index contributed by atoms with van der Waals surface area (Å²) in [6, 6.07) is 10.8. The first-order valence-electron chi connectivity index (χ1n) is 14.4. The summed E-state index contributed by atoms with van der Waals surface area (Å²) in [7, 11) is 0. The maximum absolute atomic E-state index is 13.4. The quantitative estimate of drug-likeness (QED) is 0.105. The van der Waals surface area contributed by atoms with E-state index < -0.39 is 17.6 Å². The Hall–Kier alpha value is -2.54. The fraction of sp³-hybridized carbons (Fsp3) is 0.484. The van der Waals surface area contributed by atoms with Gasteiger partial charge in [-0.05, 0) is 68.1 Å². The molecule has 0 spiro atoms. The van der Waals surface area contributed by atoms with Gasteiger partial charge in [0.2, 0.25) is 5.91 Å². The maximum atomic E-state index is 13.4. The normalized spacial score (nSPS) is 17.7. The van der Waals surface area contributed by atoms with Crippen LogP contribution in [0.3, 0.4) is 0 Å². The molecule has 1 fully saturated rings. The zero-order valence-electron chi connectivity index (χ0n) is 24.6. The number of nitrogens with two attached hydrogens (primary N) is 1. The van der Waals surface area contributed by atoms with Crippen LogP contribution >= 0.6 is 27.7 Å². The zero-order valence-corrected chi connectivity index (χ0v) is 27.0. The third kappa shape index (κ3) is 10.8. The Labute approximate surface area is 264 Å². The number of nitrogens with one attached hydrogen (secondary N) is 2. The molecule has 0 bridgehead atoms. The standard InChI is InChI=1S/C31H41BrF3N5O2S/c1-3-4-15-39-17-13-27(37-19-22-7-10-24(43-2)11-8-22)28(20-39)38-29(41)21-40(16-6-5-14-32)30(42)25-18-23(31(33,34)35)9-12-26(25)36/h5-12,18,27-28,37H,3-4,13-17,19-21,36H2,1-2H3,(H,38,41)/t27-,28+/m1/s1. The van der Waals surface area contributed by atoms with E-state index >= 15 is 0 Å². The molecule has 2 aromatic rings. The van der Waals surface area contributed by atoms with Gasteiger partial charge in [0, 0.05) is 41.6 Å². The summed E-state index contributed by atoms with van der Waals surface area (Å²) < 4.78 is 40.1. The topological polar surface area (TPSA) is 90.7 Å². The highest BCUT2D eigenvalue weighted by Gasteiger charge is 2.33. The fourth-order valence-electron chi connectivity index (χ4n) is 4.99. The van der Waals surface area contributed by atoms with Crippen molar-refractivity contribution in [2.45, 2.75) is 55.9 Å². The lowest BCUT2D eigenvalue weighted by Crippen LogP contribution is -2.60. The lowest BCUT2D eigenvalue weighted by Gasteiger charge is -2.39. The average Bonchev–Trinajstić information content (AvgIpc) is 2.98. The fourth-order valence-corrected chi connectivity index (χ4v) is 5.66. The number of hydrogen-bond acceptors (Lipinski definition) is 6. The summed E-state index contributed by atoms with van der Waals surface area (Å²) in [6.45, 7) is 5.01. The maximum Gasteiger partial charge on any atom is 0.416 e. The Balaban J connectivity index is 1.75. The zero-order chi connectivity index (χ0) is 31.4. The molecule has 2 amide bonds. The molecule has 0 aromatic heterocycles. The molecule has 43 heavy (non-hydrogen) atoms. The second-order valence-corrected chi connectivity index (χ2v) is 12.1. The number of nitrogens with zero attached hydrogens (tertiary/aromatic N) is 2. The molecular weight excluding hydrogens is 643 g/mol. The van der Waals surface area contributed by atoms with E-state index in [9.17, 15) is 22.8 Å². The van der Waals surface area contributed by atoms with E-state index in [-0.39, 0.29) is 42.3 Å². The number of piperidine rings is 1. The predicted molar refractivity (Wildman–Crippen MR) is 171 cm³/mol. The number of nitrogen functional groups attached to an aromatic ring is 1. The van der Waals surface area contributed by atoms with Crippen LogP contribution in [-0.4, -0.2) is 78.0 Å². The van der Waals surface area contributed by atoms with E-state index in [2.05, 4.69) is 62.7 Å². The predicted octanol–water partition coefficient (Wildman–Crippen LogP) is 5.55. The van der Waals surface area contributed by atoms with Crippen LogP contribution in [-0.2, 0) is 17.5 Å². The molecule has 1 saturated heterocycles. The number of unbranched alkanes of at least 4 members (excludes halogenated alkanes) is 1. The van der Waals surface area contributed by atoms with Gasteiger partial charge in [-0.15, -0.1) is 11.8 Å². The molecule has 4 N–H and O–H groups in total. The third-order valence-corrected chi connectivity index (χ3v) is 8.53. The molecule has 2 atom stereocenters. The van der Waals surface area contributed by atoms with Gasteiger partial charge in [-0.1, -0.05) is 53.6 Å². The number of anilines is 1. The SMILES string of the molecule is CCCCN1CC[C@@H](NCc2ccc(SC)cc2)[C@@H](NC(=O)CN(CC=CCBr)C(=O)c2cc(C(F)(F)F)ccc2N)C1. The van der Waals surface area contributed by atoms with Crippen LogP contribution in [0.15, 0.2) is 59.5 Å². The molecule has 1 aliphatic heterocycles. The lowest BCUT2D eigenvalue weighted by atomic mass is 9.98. The van der Waals surface area contributed by atoms with Crippen molar-refractivity contribution in [1.82, 2.24) is 20.4 Å². The minimum Gasteiger partial charge on any atom is -0.398 e. The number of benzene rings is 2. The van der Waals surface area contributed by atoms with Crippen LogP contribution in [0.25, 0.3) is 0 Å². The molecule has 236 valence electrons. The van der Waals surface area contributed by atoms with Gasteiger partial charge in [-0.3, -0.25) is 9.59 Å². The van der Waals surface area contributed by atoms with Crippen molar-refractivity contribution < 1.29 is 22.8 Å².